The first-order valence-electron chi connectivity index (χ1n) is 11.0. The summed E-state index contributed by atoms with van der Waals surface area (Å²) in [6, 6.07) is -1.15. The van der Waals surface area contributed by atoms with Gasteiger partial charge in [0, 0.05) is 13.3 Å². The van der Waals surface area contributed by atoms with Crippen molar-refractivity contribution in [1.29, 1.82) is 0 Å². The van der Waals surface area contributed by atoms with Crippen molar-refractivity contribution in [2.45, 2.75) is 71.8 Å². The predicted octanol–water partition coefficient (Wildman–Crippen LogP) is 1.72. The van der Waals surface area contributed by atoms with E-state index in [9.17, 15) is 29.4 Å². The maximum absolute atomic E-state index is 13.4. The minimum absolute atomic E-state index is 0.0298. The van der Waals surface area contributed by atoms with Gasteiger partial charge in [0.15, 0.2) is 5.78 Å². The first-order chi connectivity index (χ1) is 15.4. The molecule has 2 heterocycles. The fourth-order valence-electron chi connectivity index (χ4n) is 3.85. The summed E-state index contributed by atoms with van der Waals surface area (Å²) >= 11 is 0. The Hall–Kier alpha value is -2.84. The van der Waals surface area contributed by atoms with Gasteiger partial charge in [0.25, 0.3) is 5.91 Å². The standard InChI is InChI=1S/C25H33NO7/c1-14-6-9-18(28)10-8-15(2)12-21(26-23(31)17(4)27)25(5)22(30)16(3)20(33-24(25)32)13-19(29)11-7-14/h6-8,10-12,16,18-21,28-29H,9,13H2,1-5H3,(H,26,31)/b10-8+,11-7+,14-6-,15-12+/t16-,18+,19-,20-,21-,25+/m1/s1. The number of nitrogens with one attached hydrogen (secondary N) is 1. The molecule has 0 aromatic heterocycles. The minimum Gasteiger partial charge on any atom is -0.461 e. The quantitative estimate of drug-likeness (QED) is 0.326. The number of amides is 1. The molecule has 0 spiro atoms. The van der Waals surface area contributed by atoms with Gasteiger partial charge in [-0.1, -0.05) is 54.5 Å². The third-order valence-electron chi connectivity index (χ3n) is 6.14. The molecule has 8 nitrogen and oxygen atoms in total. The highest BCUT2D eigenvalue weighted by molar-refractivity contribution is 6.35. The van der Waals surface area contributed by atoms with Crippen LogP contribution in [0.25, 0.3) is 0 Å². The van der Waals surface area contributed by atoms with Gasteiger partial charge < -0.3 is 20.3 Å². The Morgan fingerprint density at radius 1 is 1.09 bits per heavy atom. The van der Waals surface area contributed by atoms with Crippen molar-refractivity contribution in [3.05, 3.63) is 47.6 Å². The second-order valence-corrected chi connectivity index (χ2v) is 8.99. The number of ketones is 2. The largest absolute Gasteiger partial charge is 0.461 e. The zero-order valence-electron chi connectivity index (χ0n) is 19.7. The maximum Gasteiger partial charge on any atom is 0.322 e. The molecule has 0 unspecified atom stereocenters. The first-order valence-corrected chi connectivity index (χ1v) is 11.0. The molecule has 0 saturated carbocycles. The lowest BCUT2D eigenvalue weighted by molar-refractivity contribution is -0.181. The van der Waals surface area contributed by atoms with E-state index in [1.165, 1.54) is 13.0 Å². The van der Waals surface area contributed by atoms with Gasteiger partial charge in [-0.15, -0.1) is 0 Å². The number of hydrogen-bond donors (Lipinski definition) is 3. The normalized spacial score (nSPS) is 38.7. The van der Waals surface area contributed by atoms with E-state index in [0.717, 1.165) is 12.5 Å². The molecule has 0 radical (unpaired) electrons. The number of Topliss-reactive ketones (excluding diaryl/α,β-unsaturated/α-hetero) is 2. The summed E-state index contributed by atoms with van der Waals surface area (Å²) in [5, 5.41) is 23.1. The van der Waals surface area contributed by atoms with Crippen molar-refractivity contribution in [2.24, 2.45) is 11.3 Å². The van der Waals surface area contributed by atoms with Crippen molar-refractivity contribution < 1.29 is 34.1 Å². The minimum atomic E-state index is -1.78. The van der Waals surface area contributed by atoms with Gasteiger partial charge in [-0.2, -0.15) is 0 Å². The highest BCUT2D eigenvalue weighted by atomic mass is 16.5. The average Bonchev–Trinajstić information content (AvgIpc) is 2.75. The van der Waals surface area contributed by atoms with Crippen LogP contribution in [-0.2, 0) is 23.9 Å². The Morgan fingerprint density at radius 3 is 2.33 bits per heavy atom. The number of aliphatic hydroxyl groups is 2. The molecular weight excluding hydrogens is 426 g/mol. The molecule has 0 aromatic carbocycles. The SMILES string of the molecule is CC(=O)C(=O)N[C@@H]1/C=C(C)/C=C/[C@@H](O)C/C=C(C)\C=C\[C@@H](O)C[C@H]2OC(=O)[C@]1(C)C(=O)[C@@H]2C. The van der Waals surface area contributed by atoms with Gasteiger partial charge in [-0.25, -0.2) is 0 Å². The average molecular weight is 460 g/mol. The third kappa shape index (κ3) is 6.36. The summed E-state index contributed by atoms with van der Waals surface area (Å²) in [4.78, 5) is 50.3. The molecule has 1 saturated heterocycles. The van der Waals surface area contributed by atoms with E-state index in [4.69, 9.17) is 4.74 Å². The molecule has 1 fully saturated rings. The summed E-state index contributed by atoms with van der Waals surface area (Å²) in [7, 11) is 0. The van der Waals surface area contributed by atoms with Crippen LogP contribution in [0.15, 0.2) is 47.6 Å². The number of allylic oxidation sites excluding steroid dienone is 4. The fourth-order valence-corrected chi connectivity index (χ4v) is 3.85. The topological polar surface area (TPSA) is 130 Å². The van der Waals surface area contributed by atoms with E-state index in [2.05, 4.69) is 5.32 Å². The smallest absolute Gasteiger partial charge is 0.322 e. The molecule has 1 aliphatic carbocycles. The number of carbonyl (C=O) groups is 4. The maximum atomic E-state index is 13.4. The Bertz CT molecular complexity index is 929. The lowest BCUT2D eigenvalue weighted by atomic mass is 9.69. The van der Waals surface area contributed by atoms with Crippen molar-refractivity contribution in [2.75, 3.05) is 0 Å². The highest BCUT2D eigenvalue weighted by Gasteiger charge is 2.56. The highest BCUT2D eigenvalue weighted by Crippen LogP contribution is 2.38. The fraction of sp³-hybridized carbons (Fsp3) is 0.520. The Morgan fingerprint density at radius 2 is 1.70 bits per heavy atom. The number of esters is 1. The predicted molar refractivity (Wildman–Crippen MR) is 122 cm³/mol. The lowest BCUT2D eigenvalue weighted by Crippen LogP contribution is -2.61. The molecule has 2 aliphatic heterocycles. The molecule has 3 rings (SSSR count). The Kier molecular flexibility index (Phi) is 8.69. The van der Waals surface area contributed by atoms with Crippen molar-refractivity contribution >= 4 is 23.4 Å². The van der Waals surface area contributed by atoms with Gasteiger partial charge >= 0.3 is 5.97 Å². The van der Waals surface area contributed by atoms with E-state index in [1.807, 2.05) is 13.0 Å². The van der Waals surface area contributed by atoms with Crippen LogP contribution in [0.5, 0.6) is 0 Å². The van der Waals surface area contributed by atoms with Crippen LogP contribution in [0.1, 0.15) is 47.5 Å². The first kappa shape index (κ1) is 26.4. The Balaban J connectivity index is 2.57. The van der Waals surface area contributed by atoms with Crippen LogP contribution < -0.4 is 5.32 Å². The van der Waals surface area contributed by atoms with E-state index in [1.54, 1.807) is 38.2 Å². The molecular formula is C25H33NO7. The number of aliphatic hydroxyl groups excluding tert-OH is 2. The number of hydrogen-bond acceptors (Lipinski definition) is 7. The van der Waals surface area contributed by atoms with Crippen LogP contribution in [0.2, 0.25) is 0 Å². The van der Waals surface area contributed by atoms with Gasteiger partial charge in [0.05, 0.1) is 24.2 Å². The van der Waals surface area contributed by atoms with Crippen molar-refractivity contribution in [3.63, 3.8) is 0 Å². The van der Waals surface area contributed by atoms with Crippen LogP contribution in [-0.4, -0.2) is 58.0 Å². The lowest BCUT2D eigenvalue weighted by Gasteiger charge is -2.42. The second kappa shape index (κ2) is 10.9. The number of fused-ring (bicyclic) bond motifs is 10. The summed E-state index contributed by atoms with van der Waals surface area (Å²) in [6.07, 6.45) is 7.54. The molecule has 2 bridgehead atoms. The van der Waals surface area contributed by atoms with E-state index < -0.39 is 59.1 Å². The molecule has 0 aromatic rings. The molecule has 8 heteroatoms. The molecule has 33 heavy (non-hydrogen) atoms. The zero-order chi connectivity index (χ0) is 24.9. The summed E-state index contributed by atoms with van der Waals surface area (Å²) in [5.74, 6) is -3.74. The van der Waals surface area contributed by atoms with Crippen molar-refractivity contribution in [1.82, 2.24) is 5.32 Å². The van der Waals surface area contributed by atoms with E-state index in [0.29, 0.717) is 12.0 Å². The van der Waals surface area contributed by atoms with Crippen LogP contribution in [0.4, 0.5) is 0 Å². The van der Waals surface area contributed by atoms with Gasteiger partial charge in [0.2, 0.25) is 5.78 Å². The van der Waals surface area contributed by atoms with Crippen LogP contribution >= 0.6 is 0 Å². The molecule has 6 atom stereocenters. The van der Waals surface area contributed by atoms with Crippen molar-refractivity contribution in [3.8, 4) is 0 Å². The molecule has 3 aliphatic rings. The summed E-state index contributed by atoms with van der Waals surface area (Å²) < 4.78 is 5.59. The monoisotopic (exact) mass is 459 g/mol. The van der Waals surface area contributed by atoms with E-state index in [-0.39, 0.29) is 6.42 Å². The Labute approximate surface area is 194 Å². The molecule has 1 amide bonds. The summed E-state index contributed by atoms with van der Waals surface area (Å²) in [6.45, 7) is 7.62. The second-order valence-electron chi connectivity index (χ2n) is 8.99. The number of carbonyl (C=O) groups excluding carboxylic acids is 4. The van der Waals surface area contributed by atoms with E-state index >= 15 is 0 Å². The van der Waals surface area contributed by atoms with Crippen LogP contribution in [0, 0.1) is 11.3 Å². The van der Waals surface area contributed by atoms with Crippen LogP contribution in [0.3, 0.4) is 0 Å². The van der Waals surface area contributed by atoms with Gasteiger partial charge in [-0.05, 0) is 27.2 Å². The number of rotatable bonds is 2. The molecule has 3 N–H and O–H groups in total. The number of ether oxygens (including phenoxy) is 1. The molecule has 180 valence electrons. The zero-order valence-corrected chi connectivity index (χ0v) is 19.7. The summed E-state index contributed by atoms with van der Waals surface area (Å²) in [5.41, 5.74) is -0.371. The van der Waals surface area contributed by atoms with Gasteiger partial charge in [0.1, 0.15) is 11.5 Å². The third-order valence-corrected chi connectivity index (χ3v) is 6.14. The van der Waals surface area contributed by atoms with Gasteiger partial charge in [-0.3, -0.25) is 19.2 Å².